The van der Waals surface area contributed by atoms with Crippen molar-refractivity contribution in [1.82, 2.24) is 9.97 Å². The van der Waals surface area contributed by atoms with Gasteiger partial charge in [0.2, 0.25) is 0 Å². The van der Waals surface area contributed by atoms with Gasteiger partial charge in [-0.15, -0.1) is 0 Å². The third kappa shape index (κ3) is 1.92. The van der Waals surface area contributed by atoms with Crippen LogP contribution in [0.15, 0.2) is 43.0 Å². The largest absolute Gasteiger partial charge is 0.318 e. The van der Waals surface area contributed by atoms with E-state index >= 15 is 0 Å². The minimum Gasteiger partial charge on any atom is -0.318 e. The van der Waals surface area contributed by atoms with Crippen LogP contribution in [0.2, 0.25) is 0 Å². The molecule has 0 spiro atoms. The molecule has 0 aliphatic carbocycles. The number of rotatable bonds is 2. The maximum atomic E-state index is 12.8. The molecule has 2 rings (SSSR count). The van der Waals surface area contributed by atoms with Crippen molar-refractivity contribution in [3.05, 3.63) is 59.9 Å². The van der Waals surface area contributed by atoms with Gasteiger partial charge in [-0.05, 0) is 24.6 Å². The normalized spacial score (nSPS) is 14.4. The van der Waals surface area contributed by atoms with Gasteiger partial charge in [-0.25, -0.2) is 14.4 Å². The van der Waals surface area contributed by atoms with E-state index in [4.69, 9.17) is 5.73 Å². The highest BCUT2D eigenvalue weighted by Crippen LogP contribution is 2.25. The average Bonchev–Trinajstić information content (AvgIpc) is 2.31. The van der Waals surface area contributed by atoms with E-state index in [-0.39, 0.29) is 5.82 Å². The number of aromatic nitrogens is 2. The molecule has 0 bridgehead atoms. The Labute approximate surface area is 93.2 Å². The Kier molecular flexibility index (Phi) is 2.66. The van der Waals surface area contributed by atoms with Crippen LogP contribution in [0.25, 0.3) is 0 Å². The first-order valence-electron chi connectivity index (χ1n) is 4.91. The first-order valence-corrected chi connectivity index (χ1v) is 4.91. The third-order valence-electron chi connectivity index (χ3n) is 2.60. The van der Waals surface area contributed by atoms with Gasteiger partial charge < -0.3 is 5.73 Å². The zero-order valence-electron chi connectivity index (χ0n) is 8.89. The van der Waals surface area contributed by atoms with Crippen molar-refractivity contribution in [1.29, 1.82) is 0 Å². The van der Waals surface area contributed by atoms with Crippen molar-refractivity contribution < 1.29 is 4.39 Å². The lowest BCUT2D eigenvalue weighted by molar-refractivity contribution is 0.588. The van der Waals surface area contributed by atoms with Gasteiger partial charge in [-0.2, -0.15) is 0 Å². The van der Waals surface area contributed by atoms with Crippen molar-refractivity contribution >= 4 is 0 Å². The molecule has 1 unspecified atom stereocenters. The van der Waals surface area contributed by atoms with Gasteiger partial charge in [0, 0.05) is 18.0 Å². The van der Waals surface area contributed by atoms with Crippen LogP contribution in [0.4, 0.5) is 4.39 Å². The topological polar surface area (TPSA) is 51.8 Å². The number of hydrogen-bond donors (Lipinski definition) is 1. The maximum Gasteiger partial charge on any atom is 0.123 e. The minimum absolute atomic E-state index is 0.274. The summed E-state index contributed by atoms with van der Waals surface area (Å²) in [6.45, 7) is 1.85. The Balaban J connectivity index is 2.43. The van der Waals surface area contributed by atoms with Crippen LogP contribution in [0.5, 0.6) is 0 Å². The zero-order chi connectivity index (χ0) is 11.6. The Morgan fingerprint density at radius 2 is 1.62 bits per heavy atom. The van der Waals surface area contributed by atoms with E-state index in [1.54, 1.807) is 24.5 Å². The molecule has 0 saturated heterocycles. The molecular formula is C12H12FN3. The highest BCUT2D eigenvalue weighted by Gasteiger charge is 2.24. The van der Waals surface area contributed by atoms with E-state index in [9.17, 15) is 4.39 Å². The number of nitrogens with zero attached hydrogens (tertiary/aromatic N) is 2. The highest BCUT2D eigenvalue weighted by molar-refractivity contribution is 5.34. The molecule has 1 aromatic carbocycles. The number of nitrogens with two attached hydrogens (primary N) is 1. The molecule has 2 N–H and O–H groups in total. The summed E-state index contributed by atoms with van der Waals surface area (Å²) in [5, 5.41) is 0. The molecule has 2 aromatic rings. The molecular weight excluding hydrogens is 205 g/mol. The summed E-state index contributed by atoms with van der Waals surface area (Å²) in [5.41, 5.74) is 7.11. The molecule has 1 atom stereocenters. The molecule has 0 fully saturated rings. The fourth-order valence-corrected chi connectivity index (χ4v) is 1.53. The van der Waals surface area contributed by atoms with Gasteiger partial charge >= 0.3 is 0 Å². The van der Waals surface area contributed by atoms with Crippen LogP contribution < -0.4 is 5.73 Å². The molecule has 1 aromatic heterocycles. The fourth-order valence-electron chi connectivity index (χ4n) is 1.53. The molecule has 3 nitrogen and oxygen atoms in total. The van der Waals surface area contributed by atoms with Crippen LogP contribution in [-0.2, 0) is 5.54 Å². The van der Waals surface area contributed by atoms with E-state index in [2.05, 4.69) is 9.97 Å². The Hall–Kier alpha value is -1.81. The van der Waals surface area contributed by atoms with Gasteiger partial charge in [0.05, 0.1) is 5.54 Å². The highest BCUT2D eigenvalue weighted by atomic mass is 19.1. The van der Waals surface area contributed by atoms with Crippen molar-refractivity contribution in [3.8, 4) is 0 Å². The Morgan fingerprint density at radius 1 is 1.06 bits per heavy atom. The van der Waals surface area contributed by atoms with Crippen LogP contribution in [0.1, 0.15) is 18.1 Å². The smallest absolute Gasteiger partial charge is 0.123 e. The van der Waals surface area contributed by atoms with E-state index in [1.807, 2.05) is 6.92 Å². The monoisotopic (exact) mass is 217 g/mol. The second-order valence-electron chi connectivity index (χ2n) is 3.84. The van der Waals surface area contributed by atoms with Crippen molar-refractivity contribution in [2.45, 2.75) is 12.5 Å². The van der Waals surface area contributed by atoms with Gasteiger partial charge in [0.1, 0.15) is 12.1 Å². The summed E-state index contributed by atoms with van der Waals surface area (Å²) in [6, 6.07) is 6.12. The molecule has 0 aliphatic rings. The van der Waals surface area contributed by atoms with E-state index in [0.29, 0.717) is 0 Å². The van der Waals surface area contributed by atoms with Gasteiger partial charge in [-0.1, -0.05) is 12.1 Å². The van der Waals surface area contributed by atoms with Crippen molar-refractivity contribution in [2.75, 3.05) is 0 Å². The summed E-state index contributed by atoms with van der Waals surface area (Å²) in [6.07, 6.45) is 4.77. The minimum atomic E-state index is -0.713. The second-order valence-corrected chi connectivity index (χ2v) is 3.84. The van der Waals surface area contributed by atoms with Crippen molar-refractivity contribution in [3.63, 3.8) is 0 Å². The van der Waals surface area contributed by atoms with Crippen LogP contribution in [-0.4, -0.2) is 9.97 Å². The lowest BCUT2D eigenvalue weighted by Crippen LogP contribution is -2.34. The predicted octanol–water partition coefficient (Wildman–Crippen LogP) is 1.84. The Bertz CT molecular complexity index is 465. The van der Waals surface area contributed by atoms with E-state index < -0.39 is 5.54 Å². The summed E-state index contributed by atoms with van der Waals surface area (Å²) >= 11 is 0. The average molecular weight is 217 g/mol. The van der Waals surface area contributed by atoms with Crippen LogP contribution >= 0.6 is 0 Å². The summed E-state index contributed by atoms with van der Waals surface area (Å²) < 4.78 is 12.8. The first kappa shape index (κ1) is 10.7. The molecule has 0 amide bonds. The van der Waals surface area contributed by atoms with Gasteiger partial charge in [-0.3, -0.25) is 0 Å². The predicted molar refractivity (Wildman–Crippen MR) is 59.1 cm³/mol. The lowest BCUT2D eigenvalue weighted by Gasteiger charge is -2.24. The van der Waals surface area contributed by atoms with Crippen LogP contribution in [0.3, 0.4) is 0 Å². The zero-order valence-corrected chi connectivity index (χ0v) is 8.89. The molecule has 4 heteroatoms. The van der Waals surface area contributed by atoms with E-state index in [0.717, 1.165) is 11.1 Å². The van der Waals surface area contributed by atoms with Crippen LogP contribution in [0, 0.1) is 5.82 Å². The van der Waals surface area contributed by atoms with Crippen molar-refractivity contribution in [2.24, 2.45) is 5.73 Å². The third-order valence-corrected chi connectivity index (χ3v) is 2.60. The summed E-state index contributed by atoms with van der Waals surface area (Å²) in [5.74, 6) is -0.274. The molecule has 0 aliphatic heterocycles. The SMILES string of the molecule is CC(N)(c1ccc(F)cc1)c1cncnc1. The van der Waals surface area contributed by atoms with Gasteiger partial charge in [0.15, 0.2) is 0 Å². The van der Waals surface area contributed by atoms with E-state index in [1.165, 1.54) is 18.5 Å². The molecule has 0 radical (unpaired) electrons. The van der Waals surface area contributed by atoms with Gasteiger partial charge in [0.25, 0.3) is 0 Å². The summed E-state index contributed by atoms with van der Waals surface area (Å²) in [7, 11) is 0. The molecule has 82 valence electrons. The number of benzene rings is 1. The Morgan fingerprint density at radius 3 is 2.19 bits per heavy atom. The molecule has 16 heavy (non-hydrogen) atoms. The lowest BCUT2D eigenvalue weighted by atomic mass is 9.87. The first-order chi connectivity index (χ1) is 7.60. The summed E-state index contributed by atoms with van der Waals surface area (Å²) in [4.78, 5) is 7.86. The maximum absolute atomic E-state index is 12.8. The molecule has 1 heterocycles. The fraction of sp³-hybridized carbons (Fsp3) is 0.167. The quantitative estimate of drug-likeness (QED) is 0.835. The second kappa shape index (κ2) is 3.98. The molecule has 0 saturated carbocycles. The standard InChI is InChI=1S/C12H12FN3/c1-12(14,10-6-15-8-16-7-10)9-2-4-11(13)5-3-9/h2-8H,14H2,1H3. The number of halogens is 1. The number of hydrogen-bond acceptors (Lipinski definition) is 3.